The molecular formula is C11H17NO2. The summed E-state index contributed by atoms with van der Waals surface area (Å²) in [5.41, 5.74) is 1.67. The molecule has 0 fully saturated rings. The fraction of sp³-hybridized carbons (Fsp3) is 0.455. The highest BCUT2D eigenvalue weighted by molar-refractivity contribution is 5.36. The first-order chi connectivity index (χ1) is 6.50. The minimum Gasteiger partial charge on any atom is -0.508 e. The van der Waals surface area contributed by atoms with Crippen molar-refractivity contribution in [1.29, 1.82) is 0 Å². The van der Waals surface area contributed by atoms with Crippen LogP contribution in [0.3, 0.4) is 0 Å². The molecule has 0 aliphatic rings. The first-order valence-electron chi connectivity index (χ1n) is 4.65. The van der Waals surface area contributed by atoms with Crippen LogP contribution in [0.25, 0.3) is 0 Å². The summed E-state index contributed by atoms with van der Waals surface area (Å²) >= 11 is 0. The third-order valence-corrected chi connectivity index (χ3v) is 2.07. The van der Waals surface area contributed by atoms with Gasteiger partial charge in [0.05, 0.1) is 6.10 Å². The first-order valence-corrected chi connectivity index (χ1v) is 4.65. The quantitative estimate of drug-likeness (QED) is 0.768. The van der Waals surface area contributed by atoms with Gasteiger partial charge in [-0.15, -0.1) is 0 Å². The fourth-order valence-electron chi connectivity index (χ4n) is 1.33. The van der Waals surface area contributed by atoms with E-state index in [9.17, 15) is 10.2 Å². The minimum atomic E-state index is -0.489. The van der Waals surface area contributed by atoms with Gasteiger partial charge in [0.25, 0.3) is 0 Å². The fourth-order valence-corrected chi connectivity index (χ4v) is 1.33. The molecule has 1 aromatic rings. The highest BCUT2D eigenvalue weighted by atomic mass is 16.3. The van der Waals surface area contributed by atoms with Gasteiger partial charge in [-0.2, -0.15) is 0 Å². The van der Waals surface area contributed by atoms with E-state index in [0.29, 0.717) is 6.54 Å². The molecule has 3 nitrogen and oxygen atoms in total. The lowest BCUT2D eigenvalue weighted by molar-refractivity contribution is 0.199. The van der Waals surface area contributed by atoms with Gasteiger partial charge >= 0.3 is 0 Å². The molecule has 0 unspecified atom stereocenters. The molecule has 1 rings (SSSR count). The predicted octanol–water partition coefficient (Wildman–Crippen LogP) is 1.51. The Hall–Kier alpha value is -1.06. The van der Waals surface area contributed by atoms with Crippen molar-refractivity contribution in [3.63, 3.8) is 0 Å². The molecule has 78 valence electrons. The maximum atomic E-state index is 9.56. The van der Waals surface area contributed by atoms with Crippen LogP contribution < -0.4 is 0 Å². The Balaban J connectivity index is 2.96. The number of aliphatic hydroxyl groups is 1. The lowest BCUT2D eigenvalue weighted by Crippen LogP contribution is -2.11. The number of aliphatic hydroxyl groups excluding tert-OH is 1. The van der Waals surface area contributed by atoms with E-state index in [1.54, 1.807) is 19.1 Å². The van der Waals surface area contributed by atoms with Gasteiger partial charge in [-0.05, 0) is 38.7 Å². The van der Waals surface area contributed by atoms with Crippen LogP contribution in [0.2, 0.25) is 0 Å². The standard InChI is InChI=1S/C11H17NO2/c1-8(13)9-4-5-11(14)10(6-9)7-12(2)3/h4-6,8,13-14H,7H2,1-3H3/t8-/m0/s1. The molecule has 14 heavy (non-hydrogen) atoms. The van der Waals surface area contributed by atoms with Gasteiger partial charge in [-0.3, -0.25) is 0 Å². The van der Waals surface area contributed by atoms with Gasteiger partial charge in [0, 0.05) is 12.1 Å². The number of benzene rings is 1. The molecule has 3 heteroatoms. The van der Waals surface area contributed by atoms with Crippen LogP contribution in [0.15, 0.2) is 18.2 Å². The van der Waals surface area contributed by atoms with E-state index in [1.165, 1.54) is 0 Å². The van der Waals surface area contributed by atoms with Crippen LogP contribution in [-0.2, 0) is 6.54 Å². The van der Waals surface area contributed by atoms with E-state index in [0.717, 1.165) is 11.1 Å². The van der Waals surface area contributed by atoms with Crippen LogP contribution >= 0.6 is 0 Å². The Kier molecular flexibility index (Phi) is 3.49. The highest BCUT2D eigenvalue weighted by Crippen LogP contribution is 2.22. The van der Waals surface area contributed by atoms with Crippen LogP contribution in [0.1, 0.15) is 24.2 Å². The van der Waals surface area contributed by atoms with Gasteiger partial charge in [0.15, 0.2) is 0 Å². The molecule has 0 aliphatic carbocycles. The van der Waals surface area contributed by atoms with E-state index in [4.69, 9.17) is 0 Å². The maximum Gasteiger partial charge on any atom is 0.120 e. The molecular weight excluding hydrogens is 178 g/mol. The number of hydrogen-bond donors (Lipinski definition) is 2. The third-order valence-electron chi connectivity index (χ3n) is 2.07. The van der Waals surface area contributed by atoms with Crippen molar-refractivity contribution in [3.05, 3.63) is 29.3 Å². The number of hydrogen-bond acceptors (Lipinski definition) is 3. The Morgan fingerprint density at radius 1 is 1.36 bits per heavy atom. The lowest BCUT2D eigenvalue weighted by atomic mass is 10.1. The summed E-state index contributed by atoms with van der Waals surface area (Å²) in [6.45, 7) is 2.39. The van der Waals surface area contributed by atoms with Gasteiger partial charge in [0.1, 0.15) is 5.75 Å². The zero-order valence-electron chi connectivity index (χ0n) is 8.86. The molecule has 0 aromatic heterocycles. The van der Waals surface area contributed by atoms with Crippen molar-refractivity contribution in [2.45, 2.75) is 19.6 Å². The van der Waals surface area contributed by atoms with Crippen molar-refractivity contribution >= 4 is 0 Å². The van der Waals surface area contributed by atoms with Crippen LogP contribution in [0.4, 0.5) is 0 Å². The van der Waals surface area contributed by atoms with Crippen molar-refractivity contribution in [2.24, 2.45) is 0 Å². The van der Waals surface area contributed by atoms with Crippen molar-refractivity contribution in [2.75, 3.05) is 14.1 Å². The number of aromatic hydroxyl groups is 1. The summed E-state index contributed by atoms with van der Waals surface area (Å²) in [7, 11) is 3.88. The minimum absolute atomic E-state index is 0.281. The normalized spacial score (nSPS) is 13.2. The second-order valence-electron chi connectivity index (χ2n) is 3.80. The summed E-state index contributed by atoms with van der Waals surface area (Å²) < 4.78 is 0. The van der Waals surface area contributed by atoms with E-state index in [1.807, 2.05) is 25.1 Å². The van der Waals surface area contributed by atoms with E-state index >= 15 is 0 Å². The molecule has 0 spiro atoms. The maximum absolute atomic E-state index is 9.56. The molecule has 2 N–H and O–H groups in total. The number of rotatable bonds is 3. The summed E-state index contributed by atoms with van der Waals surface area (Å²) in [4.78, 5) is 1.97. The number of phenols is 1. The van der Waals surface area contributed by atoms with E-state index in [-0.39, 0.29) is 5.75 Å². The summed E-state index contributed by atoms with van der Waals surface area (Å²) in [5, 5.41) is 18.9. The van der Waals surface area contributed by atoms with Crippen LogP contribution in [-0.4, -0.2) is 29.2 Å². The smallest absolute Gasteiger partial charge is 0.120 e. The topological polar surface area (TPSA) is 43.7 Å². The zero-order chi connectivity index (χ0) is 10.7. The van der Waals surface area contributed by atoms with Crippen LogP contribution in [0, 0.1) is 0 Å². The van der Waals surface area contributed by atoms with E-state index < -0.39 is 6.10 Å². The Morgan fingerprint density at radius 2 is 2.00 bits per heavy atom. The molecule has 1 aromatic carbocycles. The van der Waals surface area contributed by atoms with Crippen LogP contribution in [0.5, 0.6) is 5.75 Å². The highest BCUT2D eigenvalue weighted by Gasteiger charge is 2.06. The SMILES string of the molecule is C[C@H](O)c1ccc(O)c(CN(C)C)c1. The Bertz CT molecular complexity index is 308. The lowest BCUT2D eigenvalue weighted by Gasteiger charge is -2.13. The number of phenolic OH excluding ortho intramolecular Hbond substituents is 1. The van der Waals surface area contributed by atoms with Gasteiger partial charge in [-0.25, -0.2) is 0 Å². The molecule has 0 saturated carbocycles. The predicted molar refractivity (Wildman–Crippen MR) is 56.1 cm³/mol. The largest absolute Gasteiger partial charge is 0.508 e. The van der Waals surface area contributed by atoms with Gasteiger partial charge in [-0.1, -0.05) is 6.07 Å². The molecule has 0 saturated heterocycles. The average Bonchev–Trinajstić information content (AvgIpc) is 2.07. The molecule has 0 heterocycles. The van der Waals surface area contributed by atoms with Crippen molar-refractivity contribution < 1.29 is 10.2 Å². The Morgan fingerprint density at radius 3 is 2.50 bits per heavy atom. The first kappa shape index (κ1) is 11.0. The second-order valence-corrected chi connectivity index (χ2v) is 3.80. The molecule has 0 bridgehead atoms. The Labute approximate surface area is 84.6 Å². The van der Waals surface area contributed by atoms with Crippen molar-refractivity contribution in [3.8, 4) is 5.75 Å². The molecule has 0 radical (unpaired) electrons. The monoisotopic (exact) mass is 195 g/mol. The number of nitrogens with zero attached hydrogens (tertiary/aromatic N) is 1. The summed E-state index contributed by atoms with van der Waals surface area (Å²) in [5.74, 6) is 0.281. The average molecular weight is 195 g/mol. The molecule has 0 amide bonds. The third kappa shape index (κ3) is 2.72. The van der Waals surface area contributed by atoms with Gasteiger partial charge < -0.3 is 15.1 Å². The summed E-state index contributed by atoms with van der Waals surface area (Å²) in [6, 6.07) is 5.19. The van der Waals surface area contributed by atoms with Gasteiger partial charge in [0.2, 0.25) is 0 Å². The second kappa shape index (κ2) is 4.44. The summed E-state index contributed by atoms with van der Waals surface area (Å²) in [6.07, 6.45) is -0.489. The molecule has 1 atom stereocenters. The molecule has 0 aliphatic heterocycles. The van der Waals surface area contributed by atoms with E-state index in [2.05, 4.69) is 0 Å². The van der Waals surface area contributed by atoms with Crippen molar-refractivity contribution in [1.82, 2.24) is 4.90 Å². The zero-order valence-corrected chi connectivity index (χ0v) is 8.86.